The number of piperidine rings is 1. The third kappa shape index (κ3) is 4.55. The lowest BCUT2D eigenvalue weighted by atomic mass is 9.93. The van der Waals surface area contributed by atoms with Gasteiger partial charge in [-0.15, -0.1) is 0 Å². The van der Waals surface area contributed by atoms with E-state index < -0.39 is 0 Å². The number of hydrogen-bond donors (Lipinski definition) is 1. The molecule has 0 aliphatic carbocycles. The molecule has 1 aromatic carbocycles. The van der Waals surface area contributed by atoms with Crippen molar-refractivity contribution in [1.29, 1.82) is 0 Å². The summed E-state index contributed by atoms with van der Waals surface area (Å²) in [6.45, 7) is 7.52. The zero-order valence-corrected chi connectivity index (χ0v) is 14.7. The van der Waals surface area contributed by atoms with E-state index in [9.17, 15) is 4.79 Å². The highest BCUT2D eigenvalue weighted by atomic mass is 16.2. The molecule has 2 atom stereocenters. The van der Waals surface area contributed by atoms with Gasteiger partial charge in [0.25, 0.3) is 0 Å². The number of hydrogen-bond acceptors (Lipinski definition) is 3. The number of likely N-dealkylation sites (tertiary alicyclic amines) is 1. The Balaban J connectivity index is 1.92. The molecule has 1 aromatic rings. The van der Waals surface area contributed by atoms with Gasteiger partial charge in [0.1, 0.15) is 0 Å². The van der Waals surface area contributed by atoms with Gasteiger partial charge in [0.15, 0.2) is 0 Å². The van der Waals surface area contributed by atoms with Gasteiger partial charge < -0.3 is 15.5 Å². The largest absolute Gasteiger partial charge is 0.342 e. The van der Waals surface area contributed by atoms with Gasteiger partial charge in [-0.25, -0.2) is 0 Å². The van der Waals surface area contributed by atoms with Crippen molar-refractivity contribution in [1.82, 2.24) is 9.80 Å². The van der Waals surface area contributed by atoms with Crippen molar-refractivity contribution in [2.45, 2.75) is 45.2 Å². The zero-order valence-electron chi connectivity index (χ0n) is 14.7. The lowest BCUT2D eigenvalue weighted by Gasteiger charge is -2.38. The molecule has 2 unspecified atom stereocenters. The number of carbonyl (C=O) groups is 1. The molecule has 2 rings (SSSR count). The van der Waals surface area contributed by atoms with Crippen LogP contribution in [-0.4, -0.2) is 48.4 Å². The van der Waals surface area contributed by atoms with E-state index in [1.807, 2.05) is 49.2 Å². The average Bonchev–Trinajstić information content (AvgIpc) is 2.61. The second kappa shape index (κ2) is 8.46. The van der Waals surface area contributed by atoms with Crippen molar-refractivity contribution in [3.05, 3.63) is 35.9 Å². The van der Waals surface area contributed by atoms with Gasteiger partial charge >= 0.3 is 0 Å². The van der Waals surface area contributed by atoms with Crippen LogP contribution in [0.1, 0.15) is 44.7 Å². The fraction of sp³-hybridized carbons (Fsp3) is 0.632. The van der Waals surface area contributed by atoms with Gasteiger partial charge in [-0.05, 0) is 31.4 Å². The first kappa shape index (κ1) is 18.0. The van der Waals surface area contributed by atoms with Crippen LogP contribution >= 0.6 is 0 Å². The Bertz CT molecular complexity index is 483. The van der Waals surface area contributed by atoms with E-state index in [0.717, 1.165) is 31.5 Å². The van der Waals surface area contributed by atoms with E-state index in [1.165, 1.54) is 13.0 Å². The van der Waals surface area contributed by atoms with Crippen LogP contribution in [0.5, 0.6) is 0 Å². The first-order valence-electron chi connectivity index (χ1n) is 8.84. The highest BCUT2D eigenvalue weighted by Gasteiger charge is 2.30. The van der Waals surface area contributed by atoms with Crippen molar-refractivity contribution in [2.75, 3.05) is 26.7 Å². The first-order valence-corrected chi connectivity index (χ1v) is 8.84. The molecule has 1 aliphatic heterocycles. The second-order valence-electron chi connectivity index (χ2n) is 6.75. The molecule has 4 heteroatoms. The van der Waals surface area contributed by atoms with E-state index >= 15 is 0 Å². The molecular weight excluding hydrogens is 286 g/mol. The lowest BCUT2D eigenvalue weighted by Crippen LogP contribution is -2.48. The molecule has 2 N–H and O–H groups in total. The number of carbonyl (C=O) groups excluding carboxylic acids is 1. The third-order valence-corrected chi connectivity index (χ3v) is 5.10. The maximum Gasteiger partial charge on any atom is 0.227 e. The summed E-state index contributed by atoms with van der Waals surface area (Å²) in [6, 6.07) is 10.0. The van der Waals surface area contributed by atoms with Gasteiger partial charge in [-0.2, -0.15) is 0 Å². The van der Waals surface area contributed by atoms with Crippen LogP contribution in [0.15, 0.2) is 30.3 Å². The maximum absolute atomic E-state index is 12.8. The Hall–Kier alpha value is -1.39. The molecule has 1 amide bonds. The SMILES string of the molecule is CCCN1CCC(N(C)C(=O)C(C)C(N)c2ccccc2)CC1. The molecule has 0 saturated carbocycles. The van der Waals surface area contributed by atoms with Crippen molar-refractivity contribution in [2.24, 2.45) is 11.7 Å². The predicted octanol–water partition coefficient (Wildman–Crippen LogP) is 2.66. The lowest BCUT2D eigenvalue weighted by molar-refractivity contribution is -0.137. The van der Waals surface area contributed by atoms with E-state index in [-0.39, 0.29) is 17.9 Å². The molecule has 1 heterocycles. The van der Waals surface area contributed by atoms with Gasteiger partial charge in [-0.3, -0.25) is 4.79 Å². The third-order valence-electron chi connectivity index (χ3n) is 5.10. The maximum atomic E-state index is 12.8. The molecule has 0 aromatic heterocycles. The van der Waals surface area contributed by atoms with E-state index in [2.05, 4.69) is 11.8 Å². The zero-order chi connectivity index (χ0) is 16.8. The normalized spacial score (nSPS) is 19.3. The molecule has 0 radical (unpaired) electrons. The molecule has 1 saturated heterocycles. The summed E-state index contributed by atoms with van der Waals surface area (Å²) in [5, 5.41) is 0. The number of benzene rings is 1. The highest BCUT2D eigenvalue weighted by molar-refractivity contribution is 5.79. The quantitative estimate of drug-likeness (QED) is 0.877. The standard InChI is InChI=1S/C19H31N3O/c1-4-12-22-13-10-17(11-14-22)21(3)19(23)15(2)18(20)16-8-6-5-7-9-16/h5-9,15,17-18H,4,10-14,20H2,1-3H3. The number of amides is 1. The summed E-state index contributed by atoms with van der Waals surface area (Å²) >= 11 is 0. The molecular formula is C19H31N3O. The fourth-order valence-electron chi connectivity index (χ4n) is 3.47. The Morgan fingerprint density at radius 1 is 1.30 bits per heavy atom. The molecule has 0 spiro atoms. The van der Waals surface area contributed by atoms with Gasteiger partial charge in [0.2, 0.25) is 5.91 Å². The summed E-state index contributed by atoms with van der Waals surface area (Å²) in [5.41, 5.74) is 7.34. The fourth-order valence-corrected chi connectivity index (χ4v) is 3.47. The minimum absolute atomic E-state index is 0.162. The first-order chi connectivity index (χ1) is 11.0. The summed E-state index contributed by atoms with van der Waals surface area (Å²) in [5.74, 6) is -0.0358. The van der Waals surface area contributed by atoms with Crippen LogP contribution in [0.25, 0.3) is 0 Å². The Labute approximate surface area is 140 Å². The van der Waals surface area contributed by atoms with Crippen LogP contribution < -0.4 is 5.73 Å². The average molecular weight is 317 g/mol. The molecule has 4 nitrogen and oxygen atoms in total. The highest BCUT2D eigenvalue weighted by Crippen LogP contribution is 2.23. The van der Waals surface area contributed by atoms with Crippen LogP contribution in [-0.2, 0) is 4.79 Å². The molecule has 1 aliphatic rings. The van der Waals surface area contributed by atoms with Crippen LogP contribution in [0, 0.1) is 5.92 Å². The molecule has 128 valence electrons. The monoisotopic (exact) mass is 317 g/mol. The van der Waals surface area contributed by atoms with Crippen LogP contribution in [0.2, 0.25) is 0 Å². The van der Waals surface area contributed by atoms with Gasteiger partial charge in [0, 0.05) is 32.2 Å². The van der Waals surface area contributed by atoms with Crippen LogP contribution in [0.4, 0.5) is 0 Å². The minimum atomic E-state index is -0.244. The van der Waals surface area contributed by atoms with Crippen molar-refractivity contribution < 1.29 is 4.79 Å². The van der Waals surface area contributed by atoms with Gasteiger partial charge in [0.05, 0.1) is 5.92 Å². The van der Waals surface area contributed by atoms with Crippen molar-refractivity contribution in [3.8, 4) is 0 Å². The Kier molecular flexibility index (Phi) is 6.60. The number of nitrogens with zero attached hydrogens (tertiary/aromatic N) is 2. The summed E-state index contributed by atoms with van der Waals surface area (Å²) in [4.78, 5) is 17.2. The van der Waals surface area contributed by atoms with E-state index in [1.54, 1.807) is 0 Å². The number of rotatable bonds is 6. The van der Waals surface area contributed by atoms with Crippen LogP contribution in [0.3, 0.4) is 0 Å². The predicted molar refractivity (Wildman–Crippen MR) is 95.1 cm³/mol. The minimum Gasteiger partial charge on any atom is -0.342 e. The van der Waals surface area contributed by atoms with E-state index in [0.29, 0.717) is 6.04 Å². The Morgan fingerprint density at radius 3 is 2.48 bits per heavy atom. The molecule has 23 heavy (non-hydrogen) atoms. The number of nitrogens with two attached hydrogens (primary N) is 1. The van der Waals surface area contributed by atoms with Crippen molar-refractivity contribution in [3.63, 3.8) is 0 Å². The summed E-state index contributed by atoms with van der Waals surface area (Å²) in [6.07, 6.45) is 3.33. The van der Waals surface area contributed by atoms with Gasteiger partial charge in [-0.1, -0.05) is 44.2 Å². The topological polar surface area (TPSA) is 49.6 Å². The molecule has 1 fully saturated rings. The Morgan fingerprint density at radius 2 is 1.91 bits per heavy atom. The second-order valence-corrected chi connectivity index (χ2v) is 6.75. The smallest absolute Gasteiger partial charge is 0.227 e. The summed E-state index contributed by atoms with van der Waals surface area (Å²) in [7, 11) is 1.94. The van der Waals surface area contributed by atoms with E-state index in [4.69, 9.17) is 5.73 Å². The molecule has 0 bridgehead atoms. The van der Waals surface area contributed by atoms with Crippen molar-refractivity contribution >= 4 is 5.91 Å². The summed E-state index contributed by atoms with van der Waals surface area (Å²) < 4.78 is 0.